The fourth-order valence-electron chi connectivity index (χ4n) is 3.22. The number of amides is 1. The molecule has 1 saturated heterocycles. The summed E-state index contributed by atoms with van der Waals surface area (Å²) in [5.74, 6) is 0.862. The maximum atomic E-state index is 12.8. The lowest BCUT2D eigenvalue weighted by Gasteiger charge is -2.35. The van der Waals surface area contributed by atoms with Crippen LogP contribution in [0, 0.1) is 0 Å². The van der Waals surface area contributed by atoms with Gasteiger partial charge in [-0.25, -0.2) is 4.98 Å². The molecule has 1 amide bonds. The number of ether oxygens (including phenoxy) is 1. The Morgan fingerprint density at radius 2 is 1.81 bits per heavy atom. The van der Waals surface area contributed by atoms with Crippen LogP contribution in [0.3, 0.4) is 0 Å². The van der Waals surface area contributed by atoms with Crippen LogP contribution in [0.4, 0.5) is 5.69 Å². The zero-order valence-corrected chi connectivity index (χ0v) is 16.0. The van der Waals surface area contributed by atoms with Gasteiger partial charge < -0.3 is 14.5 Å². The second-order valence-electron chi connectivity index (χ2n) is 6.38. The zero-order chi connectivity index (χ0) is 18.6. The fraction of sp³-hybridized carbons (Fsp3) is 0.238. The van der Waals surface area contributed by atoms with Crippen molar-refractivity contribution in [2.24, 2.45) is 0 Å². The summed E-state index contributed by atoms with van der Waals surface area (Å²) in [6.45, 7) is 2.98. The first-order valence-corrected chi connectivity index (χ1v) is 9.82. The maximum absolute atomic E-state index is 12.8. The summed E-state index contributed by atoms with van der Waals surface area (Å²) in [5, 5.41) is 2.74. The van der Waals surface area contributed by atoms with Crippen molar-refractivity contribution in [1.29, 1.82) is 0 Å². The van der Waals surface area contributed by atoms with Crippen LogP contribution in [0.25, 0.3) is 10.6 Å². The van der Waals surface area contributed by atoms with Gasteiger partial charge in [-0.1, -0.05) is 36.4 Å². The molecular formula is C21H21N3O2S. The van der Waals surface area contributed by atoms with E-state index < -0.39 is 0 Å². The highest BCUT2D eigenvalue weighted by atomic mass is 32.1. The number of nitrogens with zero attached hydrogens (tertiary/aromatic N) is 3. The Kier molecular flexibility index (Phi) is 5.07. The highest BCUT2D eigenvalue weighted by Crippen LogP contribution is 2.25. The number of methoxy groups -OCH3 is 1. The normalized spacial score (nSPS) is 14.3. The standard InChI is InChI=1S/C21H21N3O2S/c1-26-18-9-5-8-17(14-18)23-10-12-24(13-11-23)21(25)19-15-27-20(22-19)16-6-3-2-4-7-16/h2-9,14-15H,10-13H2,1H3. The number of carbonyl (C=O) groups excluding carboxylic acids is 1. The molecule has 1 aliphatic rings. The van der Waals surface area contributed by atoms with Crippen molar-refractivity contribution in [3.05, 3.63) is 65.7 Å². The van der Waals surface area contributed by atoms with E-state index in [4.69, 9.17) is 4.74 Å². The molecule has 1 aliphatic heterocycles. The van der Waals surface area contributed by atoms with Crippen LogP contribution in [-0.2, 0) is 0 Å². The predicted molar refractivity (Wildman–Crippen MR) is 109 cm³/mol. The van der Waals surface area contributed by atoms with Crippen molar-refractivity contribution in [2.75, 3.05) is 38.2 Å². The summed E-state index contributed by atoms with van der Waals surface area (Å²) in [7, 11) is 1.67. The lowest BCUT2D eigenvalue weighted by molar-refractivity contribution is 0.0742. The van der Waals surface area contributed by atoms with E-state index >= 15 is 0 Å². The minimum absolute atomic E-state index is 0.0127. The third-order valence-electron chi connectivity index (χ3n) is 4.73. The molecule has 0 N–H and O–H groups in total. The summed E-state index contributed by atoms with van der Waals surface area (Å²) in [5.41, 5.74) is 2.71. The molecule has 0 unspecified atom stereocenters. The van der Waals surface area contributed by atoms with Crippen LogP contribution < -0.4 is 9.64 Å². The summed E-state index contributed by atoms with van der Waals surface area (Å²) < 4.78 is 5.30. The molecule has 0 saturated carbocycles. The number of aromatic nitrogens is 1. The van der Waals surface area contributed by atoms with E-state index in [1.807, 2.05) is 58.8 Å². The SMILES string of the molecule is COc1cccc(N2CCN(C(=O)c3csc(-c4ccccc4)n3)CC2)c1. The Morgan fingerprint density at radius 3 is 2.56 bits per heavy atom. The molecule has 2 heterocycles. The van der Waals surface area contributed by atoms with Crippen LogP contribution in [0.1, 0.15) is 10.5 Å². The highest BCUT2D eigenvalue weighted by molar-refractivity contribution is 7.13. The second kappa shape index (κ2) is 7.80. The minimum atomic E-state index is 0.0127. The Bertz CT molecular complexity index is 918. The van der Waals surface area contributed by atoms with Crippen molar-refractivity contribution in [2.45, 2.75) is 0 Å². The molecule has 4 rings (SSSR count). The average molecular weight is 379 g/mol. The van der Waals surface area contributed by atoms with Crippen LogP contribution in [0.15, 0.2) is 60.0 Å². The molecule has 138 valence electrons. The number of thiazole rings is 1. The minimum Gasteiger partial charge on any atom is -0.497 e. The molecule has 0 radical (unpaired) electrons. The Hall–Kier alpha value is -2.86. The van der Waals surface area contributed by atoms with E-state index in [9.17, 15) is 4.79 Å². The first kappa shape index (κ1) is 17.5. The fourth-order valence-corrected chi connectivity index (χ4v) is 4.02. The quantitative estimate of drug-likeness (QED) is 0.692. The van der Waals surface area contributed by atoms with E-state index in [2.05, 4.69) is 16.0 Å². The first-order chi connectivity index (χ1) is 13.2. The molecule has 6 heteroatoms. The number of hydrogen-bond donors (Lipinski definition) is 0. The van der Waals surface area contributed by atoms with E-state index in [0.29, 0.717) is 18.8 Å². The number of carbonyl (C=O) groups is 1. The molecule has 1 aromatic heterocycles. The second-order valence-corrected chi connectivity index (χ2v) is 7.24. The van der Waals surface area contributed by atoms with Gasteiger partial charge in [-0.05, 0) is 12.1 Å². The van der Waals surface area contributed by atoms with Gasteiger partial charge in [0.1, 0.15) is 16.5 Å². The van der Waals surface area contributed by atoms with Crippen LogP contribution in [0.2, 0.25) is 0 Å². The van der Waals surface area contributed by atoms with Gasteiger partial charge in [0.2, 0.25) is 0 Å². The number of piperazine rings is 1. The van der Waals surface area contributed by atoms with Crippen molar-refractivity contribution >= 4 is 22.9 Å². The van der Waals surface area contributed by atoms with E-state index in [1.165, 1.54) is 11.3 Å². The molecule has 27 heavy (non-hydrogen) atoms. The largest absolute Gasteiger partial charge is 0.497 e. The summed E-state index contributed by atoms with van der Waals surface area (Å²) in [4.78, 5) is 21.5. The predicted octanol–water partition coefficient (Wildman–Crippen LogP) is 3.78. The number of anilines is 1. The van der Waals surface area contributed by atoms with Gasteiger partial charge in [0.05, 0.1) is 7.11 Å². The monoisotopic (exact) mass is 379 g/mol. The molecule has 2 aromatic carbocycles. The van der Waals surface area contributed by atoms with Crippen molar-refractivity contribution in [3.8, 4) is 16.3 Å². The van der Waals surface area contributed by atoms with Gasteiger partial charge in [0.15, 0.2) is 0 Å². The van der Waals surface area contributed by atoms with Crippen molar-refractivity contribution in [1.82, 2.24) is 9.88 Å². The van der Waals surface area contributed by atoms with Crippen molar-refractivity contribution in [3.63, 3.8) is 0 Å². The highest BCUT2D eigenvalue weighted by Gasteiger charge is 2.24. The molecule has 0 atom stereocenters. The van der Waals surface area contributed by atoms with Gasteiger partial charge in [-0.3, -0.25) is 4.79 Å². The van der Waals surface area contributed by atoms with Gasteiger partial charge in [-0.2, -0.15) is 0 Å². The maximum Gasteiger partial charge on any atom is 0.273 e. The van der Waals surface area contributed by atoms with E-state index in [-0.39, 0.29) is 5.91 Å². The average Bonchev–Trinajstić information content (AvgIpc) is 3.24. The zero-order valence-electron chi connectivity index (χ0n) is 15.2. The van der Waals surface area contributed by atoms with Gasteiger partial charge in [-0.15, -0.1) is 11.3 Å². The van der Waals surface area contributed by atoms with Gasteiger partial charge >= 0.3 is 0 Å². The first-order valence-electron chi connectivity index (χ1n) is 8.94. The Balaban J connectivity index is 1.41. The molecule has 0 bridgehead atoms. The van der Waals surface area contributed by atoms with Crippen molar-refractivity contribution < 1.29 is 9.53 Å². The van der Waals surface area contributed by atoms with Crippen LogP contribution in [-0.4, -0.2) is 49.1 Å². The van der Waals surface area contributed by atoms with E-state index in [0.717, 1.165) is 35.1 Å². The van der Waals surface area contributed by atoms with Crippen LogP contribution in [0.5, 0.6) is 5.75 Å². The lowest BCUT2D eigenvalue weighted by Crippen LogP contribution is -2.48. The van der Waals surface area contributed by atoms with Gasteiger partial charge in [0, 0.05) is 48.9 Å². The smallest absolute Gasteiger partial charge is 0.273 e. The van der Waals surface area contributed by atoms with Crippen LogP contribution >= 0.6 is 11.3 Å². The summed E-state index contributed by atoms with van der Waals surface area (Å²) >= 11 is 1.51. The molecule has 0 aliphatic carbocycles. The molecular weight excluding hydrogens is 358 g/mol. The molecule has 5 nitrogen and oxygen atoms in total. The third-order valence-corrected chi connectivity index (χ3v) is 5.62. The van der Waals surface area contributed by atoms with E-state index in [1.54, 1.807) is 7.11 Å². The Labute approximate surface area is 162 Å². The third kappa shape index (κ3) is 3.80. The number of hydrogen-bond acceptors (Lipinski definition) is 5. The summed E-state index contributed by atoms with van der Waals surface area (Å²) in [6.07, 6.45) is 0. The number of rotatable bonds is 4. The number of benzene rings is 2. The Morgan fingerprint density at radius 1 is 1.04 bits per heavy atom. The lowest BCUT2D eigenvalue weighted by atomic mass is 10.2. The molecule has 1 fully saturated rings. The summed E-state index contributed by atoms with van der Waals surface area (Å²) in [6, 6.07) is 18.0. The topological polar surface area (TPSA) is 45.7 Å². The molecule has 3 aromatic rings. The van der Waals surface area contributed by atoms with Gasteiger partial charge in [0.25, 0.3) is 5.91 Å². The molecule has 0 spiro atoms.